The third-order valence-electron chi connectivity index (χ3n) is 2.30. The zero-order valence-electron chi connectivity index (χ0n) is 7.71. The number of hydrogen-bond acceptors (Lipinski definition) is 3. The fraction of sp³-hybridized carbons (Fsp3) is 0.889. The molecular formula is C9H16O3. The molecule has 0 N–H and O–H groups in total. The van der Waals surface area contributed by atoms with Crippen molar-refractivity contribution in [3.63, 3.8) is 0 Å². The molecule has 0 aromatic rings. The van der Waals surface area contributed by atoms with E-state index >= 15 is 0 Å². The van der Waals surface area contributed by atoms with E-state index in [-0.39, 0.29) is 17.8 Å². The third kappa shape index (κ3) is 2.05. The molecule has 70 valence electrons. The second kappa shape index (κ2) is 4.58. The van der Waals surface area contributed by atoms with Crippen molar-refractivity contribution >= 4 is 5.78 Å². The summed E-state index contributed by atoms with van der Waals surface area (Å²) in [6.45, 7) is 3.26. The van der Waals surface area contributed by atoms with Crippen molar-refractivity contribution in [2.45, 2.75) is 25.9 Å². The lowest BCUT2D eigenvalue weighted by Crippen LogP contribution is -2.29. The van der Waals surface area contributed by atoms with E-state index in [2.05, 4.69) is 0 Å². The van der Waals surface area contributed by atoms with Crippen LogP contribution in [0, 0.1) is 5.92 Å². The highest BCUT2D eigenvalue weighted by molar-refractivity contribution is 5.85. The highest BCUT2D eigenvalue weighted by Crippen LogP contribution is 2.17. The molecule has 0 aromatic carbocycles. The first-order valence-corrected chi connectivity index (χ1v) is 4.43. The summed E-state index contributed by atoms with van der Waals surface area (Å²) < 4.78 is 10.2. The predicted octanol–water partition coefficient (Wildman–Crippen LogP) is 1.02. The van der Waals surface area contributed by atoms with Crippen molar-refractivity contribution in [2.24, 2.45) is 5.92 Å². The van der Waals surface area contributed by atoms with Gasteiger partial charge in [-0.2, -0.15) is 0 Å². The molecule has 0 amide bonds. The van der Waals surface area contributed by atoms with E-state index in [4.69, 9.17) is 9.47 Å². The number of methoxy groups -OCH3 is 1. The number of carbonyl (C=O) groups excluding carboxylic acids is 1. The summed E-state index contributed by atoms with van der Waals surface area (Å²) in [5.41, 5.74) is 0. The molecule has 0 aromatic heterocycles. The minimum atomic E-state index is -0.225. The number of rotatable bonds is 4. The Morgan fingerprint density at radius 1 is 1.75 bits per heavy atom. The first-order chi connectivity index (χ1) is 5.79. The smallest absolute Gasteiger partial charge is 0.166 e. The average molecular weight is 172 g/mol. The topological polar surface area (TPSA) is 35.5 Å². The standard InChI is InChI=1S/C9H16O3/c1-3-8(11-2)9(10)7-4-5-12-6-7/h7-8H,3-6H2,1-2H3. The molecule has 0 saturated carbocycles. The van der Waals surface area contributed by atoms with E-state index in [0.29, 0.717) is 6.61 Å². The first-order valence-electron chi connectivity index (χ1n) is 4.43. The van der Waals surface area contributed by atoms with Gasteiger partial charge in [0.1, 0.15) is 6.10 Å². The Hall–Kier alpha value is -0.410. The van der Waals surface area contributed by atoms with Crippen LogP contribution in [0.3, 0.4) is 0 Å². The molecule has 0 aliphatic carbocycles. The van der Waals surface area contributed by atoms with Crippen LogP contribution in [0.1, 0.15) is 19.8 Å². The third-order valence-corrected chi connectivity index (χ3v) is 2.30. The number of hydrogen-bond donors (Lipinski definition) is 0. The van der Waals surface area contributed by atoms with Gasteiger partial charge in [0.05, 0.1) is 6.61 Å². The van der Waals surface area contributed by atoms with Gasteiger partial charge in [-0.05, 0) is 12.8 Å². The van der Waals surface area contributed by atoms with E-state index in [1.165, 1.54) is 0 Å². The van der Waals surface area contributed by atoms with Crippen LogP contribution in [0.15, 0.2) is 0 Å². The Morgan fingerprint density at radius 2 is 2.50 bits per heavy atom. The highest BCUT2D eigenvalue weighted by Gasteiger charge is 2.28. The molecule has 2 unspecified atom stereocenters. The molecule has 1 saturated heterocycles. The van der Waals surface area contributed by atoms with Crippen LogP contribution in [0.4, 0.5) is 0 Å². The second-order valence-corrected chi connectivity index (χ2v) is 3.10. The van der Waals surface area contributed by atoms with E-state index in [1.807, 2.05) is 6.92 Å². The van der Waals surface area contributed by atoms with Crippen LogP contribution in [0.5, 0.6) is 0 Å². The molecular weight excluding hydrogens is 156 g/mol. The van der Waals surface area contributed by atoms with Gasteiger partial charge in [-0.3, -0.25) is 4.79 Å². The molecule has 0 bridgehead atoms. The van der Waals surface area contributed by atoms with Crippen molar-refractivity contribution in [3.05, 3.63) is 0 Å². The van der Waals surface area contributed by atoms with Crippen molar-refractivity contribution in [1.29, 1.82) is 0 Å². The van der Waals surface area contributed by atoms with Crippen LogP contribution >= 0.6 is 0 Å². The lowest BCUT2D eigenvalue weighted by molar-refractivity contribution is -0.133. The van der Waals surface area contributed by atoms with Gasteiger partial charge in [0, 0.05) is 19.6 Å². The first kappa shape index (κ1) is 9.68. The molecule has 1 aliphatic heterocycles. The summed E-state index contributed by atoms with van der Waals surface area (Å²) in [6, 6.07) is 0. The normalized spacial score (nSPS) is 25.7. The van der Waals surface area contributed by atoms with Gasteiger partial charge in [-0.1, -0.05) is 6.92 Å². The van der Waals surface area contributed by atoms with Gasteiger partial charge in [0.2, 0.25) is 0 Å². The molecule has 1 heterocycles. The van der Waals surface area contributed by atoms with Gasteiger partial charge in [0.25, 0.3) is 0 Å². The lowest BCUT2D eigenvalue weighted by atomic mass is 9.98. The van der Waals surface area contributed by atoms with Crippen molar-refractivity contribution in [2.75, 3.05) is 20.3 Å². The Balaban J connectivity index is 2.43. The Bertz CT molecular complexity index is 142. The van der Waals surface area contributed by atoms with Crippen LogP contribution in [-0.2, 0) is 14.3 Å². The monoisotopic (exact) mass is 172 g/mol. The van der Waals surface area contributed by atoms with Crippen LogP contribution in [0.2, 0.25) is 0 Å². The van der Waals surface area contributed by atoms with Crippen molar-refractivity contribution in [3.8, 4) is 0 Å². The zero-order valence-corrected chi connectivity index (χ0v) is 7.71. The zero-order chi connectivity index (χ0) is 8.97. The Labute approximate surface area is 73.0 Å². The molecule has 1 fully saturated rings. The van der Waals surface area contributed by atoms with Gasteiger partial charge >= 0.3 is 0 Å². The molecule has 1 rings (SSSR count). The van der Waals surface area contributed by atoms with Gasteiger partial charge in [-0.15, -0.1) is 0 Å². The summed E-state index contributed by atoms with van der Waals surface area (Å²) in [5.74, 6) is 0.285. The maximum Gasteiger partial charge on any atom is 0.166 e. The lowest BCUT2D eigenvalue weighted by Gasteiger charge is -2.14. The van der Waals surface area contributed by atoms with Gasteiger partial charge in [-0.25, -0.2) is 0 Å². The summed E-state index contributed by atoms with van der Waals surface area (Å²) in [5, 5.41) is 0. The van der Waals surface area contributed by atoms with Crippen LogP contribution in [0.25, 0.3) is 0 Å². The van der Waals surface area contributed by atoms with E-state index in [9.17, 15) is 4.79 Å². The average Bonchev–Trinajstić information content (AvgIpc) is 2.58. The van der Waals surface area contributed by atoms with E-state index in [0.717, 1.165) is 19.4 Å². The fourth-order valence-corrected chi connectivity index (χ4v) is 1.51. The summed E-state index contributed by atoms with van der Waals surface area (Å²) in [4.78, 5) is 11.6. The number of carbonyl (C=O) groups is 1. The molecule has 1 aliphatic rings. The van der Waals surface area contributed by atoms with E-state index < -0.39 is 0 Å². The number of ketones is 1. The molecule has 3 nitrogen and oxygen atoms in total. The quantitative estimate of drug-likeness (QED) is 0.635. The number of ether oxygens (including phenoxy) is 2. The largest absolute Gasteiger partial charge is 0.381 e. The maximum atomic E-state index is 11.6. The highest BCUT2D eigenvalue weighted by atomic mass is 16.5. The number of Topliss-reactive ketones (excluding diaryl/α,β-unsaturated/α-hetero) is 1. The van der Waals surface area contributed by atoms with Gasteiger partial charge < -0.3 is 9.47 Å². The summed E-state index contributed by atoms with van der Waals surface area (Å²) in [6.07, 6.45) is 1.39. The SMILES string of the molecule is CCC(OC)C(=O)C1CCOC1. The molecule has 0 spiro atoms. The maximum absolute atomic E-state index is 11.6. The predicted molar refractivity (Wildman–Crippen MR) is 45.0 cm³/mol. The van der Waals surface area contributed by atoms with Crippen molar-refractivity contribution in [1.82, 2.24) is 0 Å². The Kier molecular flexibility index (Phi) is 3.69. The molecule has 2 atom stereocenters. The molecule has 3 heteroatoms. The summed E-state index contributed by atoms with van der Waals surface area (Å²) >= 11 is 0. The van der Waals surface area contributed by atoms with E-state index in [1.54, 1.807) is 7.11 Å². The van der Waals surface area contributed by atoms with Crippen molar-refractivity contribution < 1.29 is 14.3 Å². The van der Waals surface area contributed by atoms with Crippen LogP contribution in [-0.4, -0.2) is 32.2 Å². The summed E-state index contributed by atoms with van der Waals surface area (Å²) in [7, 11) is 1.59. The second-order valence-electron chi connectivity index (χ2n) is 3.10. The molecule has 0 radical (unpaired) electrons. The minimum Gasteiger partial charge on any atom is -0.381 e. The Morgan fingerprint density at radius 3 is 2.92 bits per heavy atom. The molecule has 12 heavy (non-hydrogen) atoms. The van der Waals surface area contributed by atoms with Gasteiger partial charge in [0.15, 0.2) is 5.78 Å². The fourth-order valence-electron chi connectivity index (χ4n) is 1.51. The van der Waals surface area contributed by atoms with Crippen LogP contribution < -0.4 is 0 Å². The minimum absolute atomic E-state index is 0.0786.